The lowest BCUT2D eigenvalue weighted by molar-refractivity contribution is 0.266. The van der Waals surface area contributed by atoms with Gasteiger partial charge in [-0.1, -0.05) is 43.1 Å². The average Bonchev–Trinajstić information content (AvgIpc) is 2.76. The fraction of sp³-hybridized carbons (Fsp3) is 0.533. The first kappa shape index (κ1) is 14.2. The molecular weight excluding hydrogens is 295 g/mol. The van der Waals surface area contributed by atoms with Crippen LogP contribution in [0, 0.1) is 11.7 Å². The van der Waals surface area contributed by atoms with Crippen LogP contribution in [0.15, 0.2) is 23.2 Å². The highest BCUT2D eigenvalue weighted by Crippen LogP contribution is 2.42. The van der Waals surface area contributed by atoms with Crippen molar-refractivity contribution in [2.75, 3.05) is 11.1 Å². The number of amidine groups is 1. The molecule has 1 aromatic rings. The highest BCUT2D eigenvalue weighted by molar-refractivity contribution is 8.14. The summed E-state index contributed by atoms with van der Waals surface area (Å²) in [6, 6.07) is 4.35. The third-order valence-electron chi connectivity index (χ3n) is 4.05. The second-order valence-corrected chi connectivity index (χ2v) is 7.25. The van der Waals surface area contributed by atoms with E-state index in [1.807, 2.05) is 0 Å². The normalized spacial score (nSPS) is 29.6. The van der Waals surface area contributed by atoms with Crippen LogP contribution in [0.25, 0.3) is 0 Å². The lowest BCUT2D eigenvalue weighted by Gasteiger charge is -2.33. The second kappa shape index (κ2) is 5.57. The maximum absolute atomic E-state index is 13.3. The molecule has 1 saturated carbocycles. The molecule has 1 fully saturated rings. The number of anilines is 1. The zero-order chi connectivity index (χ0) is 14.2. The highest BCUT2D eigenvalue weighted by Gasteiger charge is 2.39. The molecule has 1 aromatic carbocycles. The van der Waals surface area contributed by atoms with E-state index < -0.39 is 0 Å². The van der Waals surface area contributed by atoms with E-state index in [9.17, 15) is 4.39 Å². The SMILES string of the molecule is CC1CCCC2(CSC(Nc3cc(F)ccc3Cl)=N2)C1. The molecule has 5 heteroatoms. The van der Waals surface area contributed by atoms with Gasteiger partial charge in [-0.15, -0.1) is 0 Å². The maximum atomic E-state index is 13.3. The number of aliphatic imine (C=N–C) groups is 1. The zero-order valence-corrected chi connectivity index (χ0v) is 13.0. The van der Waals surface area contributed by atoms with Crippen molar-refractivity contribution in [2.45, 2.75) is 38.1 Å². The van der Waals surface area contributed by atoms with Gasteiger partial charge in [0.05, 0.1) is 16.2 Å². The van der Waals surface area contributed by atoms with E-state index in [2.05, 4.69) is 12.2 Å². The Bertz CT molecular complexity index is 549. The quantitative estimate of drug-likeness (QED) is 0.794. The van der Waals surface area contributed by atoms with E-state index in [4.69, 9.17) is 16.6 Å². The molecule has 20 heavy (non-hydrogen) atoms. The Balaban J connectivity index is 1.77. The fourth-order valence-corrected chi connectivity index (χ4v) is 4.46. The number of halogens is 2. The van der Waals surface area contributed by atoms with Crippen molar-refractivity contribution in [3.63, 3.8) is 0 Å². The van der Waals surface area contributed by atoms with Crippen molar-refractivity contribution in [3.8, 4) is 0 Å². The summed E-state index contributed by atoms with van der Waals surface area (Å²) in [5, 5.41) is 4.57. The van der Waals surface area contributed by atoms with E-state index in [0.717, 1.165) is 29.7 Å². The Morgan fingerprint density at radius 2 is 2.35 bits per heavy atom. The van der Waals surface area contributed by atoms with Crippen LogP contribution in [0.4, 0.5) is 10.1 Å². The van der Waals surface area contributed by atoms with Crippen LogP contribution < -0.4 is 5.32 Å². The van der Waals surface area contributed by atoms with Gasteiger partial charge >= 0.3 is 0 Å². The molecule has 1 heterocycles. The molecule has 2 atom stereocenters. The first-order chi connectivity index (χ1) is 9.56. The standard InChI is InChI=1S/C15H18ClFN2S/c1-10-3-2-6-15(8-10)9-20-14(19-15)18-13-7-11(17)4-5-12(13)16/h4-5,7,10H,2-3,6,8-9H2,1H3,(H,18,19). The van der Waals surface area contributed by atoms with E-state index in [0.29, 0.717) is 10.7 Å². The summed E-state index contributed by atoms with van der Waals surface area (Å²) in [5.74, 6) is 1.47. The summed E-state index contributed by atoms with van der Waals surface area (Å²) in [7, 11) is 0. The largest absolute Gasteiger partial charge is 0.334 e. The van der Waals surface area contributed by atoms with Gasteiger partial charge in [0, 0.05) is 5.75 Å². The van der Waals surface area contributed by atoms with Gasteiger partial charge in [0.15, 0.2) is 5.17 Å². The summed E-state index contributed by atoms with van der Waals surface area (Å²) in [5.41, 5.74) is 0.684. The number of nitrogens with zero attached hydrogens (tertiary/aromatic N) is 1. The predicted molar refractivity (Wildman–Crippen MR) is 85.3 cm³/mol. The molecule has 0 radical (unpaired) electrons. The van der Waals surface area contributed by atoms with Gasteiger partial charge in [-0.05, 0) is 37.0 Å². The summed E-state index contributed by atoms with van der Waals surface area (Å²) in [6.07, 6.45) is 4.87. The molecule has 0 saturated heterocycles. The zero-order valence-electron chi connectivity index (χ0n) is 11.5. The summed E-state index contributed by atoms with van der Waals surface area (Å²) >= 11 is 7.80. The van der Waals surface area contributed by atoms with Gasteiger partial charge in [0.1, 0.15) is 5.82 Å². The third-order valence-corrected chi connectivity index (χ3v) is 5.53. The fourth-order valence-electron chi connectivity index (χ4n) is 3.12. The van der Waals surface area contributed by atoms with Gasteiger partial charge in [0.2, 0.25) is 0 Å². The molecule has 1 aliphatic carbocycles. The Kier molecular flexibility index (Phi) is 3.95. The molecule has 0 aromatic heterocycles. The Hall–Kier alpha value is -0.740. The predicted octanol–water partition coefficient (Wildman–Crippen LogP) is 4.94. The summed E-state index contributed by atoms with van der Waals surface area (Å²) in [6.45, 7) is 2.30. The molecule has 2 nitrogen and oxygen atoms in total. The topological polar surface area (TPSA) is 24.4 Å². The average molecular weight is 313 g/mol. The smallest absolute Gasteiger partial charge is 0.161 e. The van der Waals surface area contributed by atoms with Crippen LogP contribution in [-0.2, 0) is 0 Å². The van der Waals surface area contributed by atoms with Crippen LogP contribution in [0.5, 0.6) is 0 Å². The van der Waals surface area contributed by atoms with Crippen LogP contribution in [0.3, 0.4) is 0 Å². The number of thioether (sulfide) groups is 1. The Labute approximate surface area is 128 Å². The van der Waals surface area contributed by atoms with E-state index in [1.54, 1.807) is 17.8 Å². The third kappa shape index (κ3) is 2.96. The van der Waals surface area contributed by atoms with Crippen LogP contribution in [0.1, 0.15) is 32.6 Å². The van der Waals surface area contributed by atoms with Crippen LogP contribution in [0.2, 0.25) is 5.02 Å². The van der Waals surface area contributed by atoms with E-state index in [1.165, 1.54) is 25.0 Å². The molecule has 1 spiro atoms. The van der Waals surface area contributed by atoms with E-state index in [-0.39, 0.29) is 11.4 Å². The second-order valence-electron chi connectivity index (χ2n) is 5.88. The van der Waals surface area contributed by atoms with Crippen molar-refractivity contribution >= 4 is 34.2 Å². The number of hydrogen-bond acceptors (Lipinski definition) is 3. The maximum Gasteiger partial charge on any atom is 0.161 e. The number of hydrogen-bond donors (Lipinski definition) is 1. The minimum Gasteiger partial charge on any atom is -0.334 e. The number of nitrogens with one attached hydrogen (secondary N) is 1. The summed E-state index contributed by atoms with van der Waals surface area (Å²) < 4.78 is 13.3. The minimum absolute atomic E-state index is 0.0878. The first-order valence-corrected chi connectivity index (χ1v) is 8.37. The van der Waals surface area contributed by atoms with Crippen molar-refractivity contribution in [2.24, 2.45) is 10.9 Å². The van der Waals surface area contributed by atoms with Crippen LogP contribution >= 0.6 is 23.4 Å². The Morgan fingerprint density at radius 1 is 1.50 bits per heavy atom. The molecule has 0 bridgehead atoms. The number of benzene rings is 1. The van der Waals surface area contributed by atoms with Gasteiger partial charge in [-0.25, -0.2) is 4.39 Å². The molecule has 0 amide bonds. The summed E-state index contributed by atoms with van der Waals surface area (Å²) in [4.78, 5) is 4.88. The molecule has 1 aliphatic heterocycles. The van der Waals surface area contributed by atoms with Gasteiger partial charge < -0.3 is 5.32 Å². The molecule has 3 rings (SSSR count). The van der Waals surface area contributed by atoms with E-state index >= 15 is 0 Å². The van der Waals surface area contributed by atoms with Crippen molar-refractivity contribution in [3.05, 3.63) is 29.0 Å². The number of rotatable bonds is 1. The van der Waals surface area contributed by atoms with Gasteiger partial charge in [-0.3, -0.25) is 4.99 Å². The van der Waals surface area contributed by atoms with Gasteiger partial charge in [0.25, 0.3) is 0 Å². The molecule has 1 N–H and O–H groups in total. The van der Waals surface area contributed by atoms with Crippen LogP contribution in [-0.4, -0.2) is 16.5 Å². The van der Waals surface area contributed by atoms with Crippen molar-refractivity contribution in [1.82, 2.24) is 0 Å². The monoisotopic (exact) mass is 312 g/mol. The lowest BCUT2D eigenvalue weighted by atomic mass is 9.78. The van der Waals surface area contributed by atoms with Crippen molar-refractivity contribution in [1.29, 1.82) is 0 Å². The highest BCUT2D eigenvalue weighted by atomic mass is 35.5. The molecule has 108 valence electrons. The van der Waals surface area contributed by atoms with Gasteiger partial charge in [-0.2, -0.15) is 0 Å². The molecule has 2 unspecified atom stereocenters. The lowest BCUT2D eigenvalue weighted by Crippen LogP contribution is -2.33. The minimum atomic E-state index is -0.290. The first-order valence-electron chi connectivity index (χ1n) is 7.01. The Morgan fingerprint density at radius 3 is 3.15 bits per heavy atom. The van der Waals surface area contributed by atoms with Crippen molar-refractivity contribution < 1.29 is 4.39 Å². The molecule has 2 aliphatic rings. The molecular formula is C15H18ClFN2S.